The van der Waals surface area contributed by atoms with Crippen LogP contribution in [-0.2, 0) is 15.8 Å². The lowest BCUT2D eigenvalue weighted by Crippen LogP contribution is -2.45. The average Bonchev–Trinajstić information content (AvgIpc) is 2.38. The van der Waals surface area contributed by atoms with E-state index < -0.39 is 21.6 Å². The largest absolute Gasteiger partial charge is 0.384 e. The van der Waals surface area contributed by atoms with Crippen molar-refractivity contribution in [2.24, 2.45) is 0 Å². The van der Waals surface area contributed by atoms with E-state index in [0.29, 0.717) is 18.7 Å². The quantitative estimate of drug-likeness (QED) is 0.795. The molecule has 0 aromatic heterocycles. The summed E-state index contributed by atoms with van der Waals surface area (Å²) in [5.41, 5.74) is -0.963. The summed E-state index contributed by atoms with van der Waals surface area (Å²) in [7, 11) is -3.62. The Morgan fingerprint density at radius 1 is 1.25 bits per heavy atom. The first-order chi connectivity index (χ1) is 9.23. The molecule has 0 spiro atoms. The zero-order chi connectivity index (χ0) is 15.4. The minimum Gasteiger partial charge on any atom is -0.384 e. The summed E-state index contributed by atoms with van der Waals surface area (Å²) in [6, 6.07) is 5.31. The number of hydrogen-bond donors (Lipinski definition) is 2. The lowest BCUT2D eigenvalue weighted by molar-refractivity contribution is 0.0622. The van der Waals surface area contributed by atoms with Crippen molar-refractivity contribution in [2.75, 3.05) is 19.6 Å². The van der Waals surface area contributed by atoms with Gasteiger partial charge in [-0.25, -0.2) is 4.39 Å². The van der Waals surface area contributed by atoms with Gasteiger partial charge in [-0.2, -0.15) is 17.4 Å². The summed E-state index contributed by atoms with van der Waals surface area (Å²) in [6.45, 7) is 5.47. The Kier molecular flexibility index (Phi) is 5.64. The van der Waals surface area contributed by atoms with E-state index in [9.17, 15) is 17.9 Å². The molecule has 1 aromatic rings. The van der Waals surface area contributed by atoms with Crippen LogP contribution < -0.4 is 4.72 Å². The second-order valence-electron chi connectivity index (χ2n) is 4.69. The van der Waals surface area contributed by atoms with E-state index in [1.54, 1.807) is 13.8 Å². The lowest BCUT2D eigenvalue weighted by atomic mass is 9.96. The number of nitrogens with one attached hydrogen (secondary N) is 1. The van der Waals surface area contributed by atoms with Gasteiger partial charge in [-0.3, -0.25) is 0 Å². The molecule has 0 bridgehead atoms. The minimum atomic E-state index is -3.62. The molecule has 0 radical (unpaired) electrons. The van der Waals surface area contributed by atoms with Gasteiger partial charge in [-0.15, -0.1) is 0 Å². The Labute approximate surface area is 119 Å². The minimum absolute atomic E-state index is 0.183. The summed E-state index contributed by atoms with van der Waals surface area (Å²) in [5.74, 6) is -0.409. The molecule has 5 nitrogen and oxygen atoms in total. The van der Waals surface area contributed by atoms with Gasteiger partial charge in [0, 0.05) is 19.6 Å². The van der Waals surface area contributed by atoms with E-state index in [0.717, 1.165) is 0 Å². The third-order valence-electron chi connectivity index (χ3n) is 3.11. The fourth-order valence-corrected chi connectivity index (χ4v) is 3.12. The maximum absolute atomic E-state index is 12.8. The van der Waals surface area contributed by atoms with Crippen molar-refractivity contribution in [3.63, 3.8) is 0 Å². The average molecular weight is 304 g/mol. The summed E-state index contributed by atoms with van der Waals surface area (Å²) in [4.78, 5) is 0. The van der Waals surface area contributed by atoms with Crippen molar-refractivity contribution >= 4 is 10.2 Å². The highest BCUT2D eigenvalue weighted by Crippen LogP contribution is 2.20. The molecule has 114 valence electrons. The Hall–Kier alpha value is -1.02. The van der Waals surface area contributed by atoms with Gasteiger partial charge in [-0.05, 0) is 24.6 Å². The van der Waals surface area contributed by atoms with Gasteiger partial charge in [0.05, 0.1) is 0 Å². The molecule has 0 aliphatic rings. The van der Waals surface area contributed by atoms with Crippen LogP contribution in [0, 0.1) is 5.82 Å². The predicted molar refractivity (Wildman–Crippen MR) is 75.8 cm³/mol. The van der Waals surface area contributed by atoms with Crippen LogP contribution in [0.2, 0.25) is 0 Å². The van der Waals surface area contributed by atoms with Gasteiger partial charge in [0.1, 0.15) is 11.4 Å². The smallest absolute Gasteiger partial charge is 0.279 e. The first-order valence-corrected chi connectivity index (χ1v) is 7.90. The van der Waals surface area contributed by atoms with Crippen molar-refractivity contribution in [1.29, 1.82) is 0 Å². The van der Waals surface area contributed by atoms with Crippen molar-refractivity contribution in [3.05, 3.63) is 35.6 Å². The van der Waals surface area contributed by atoms with E-state index in [1.807, 2.05) is 0 Å². The van der Waals surface area contributed by atoms with Crippen LogP contribution in [-0.4, -0.2) is 37.5 Å². The van der Waals surface area contributed by atoms with E-state index in [2.05, 4.69) is 4.72 Å². The predicted octanol–water partition coefficient (Wildman–Crippen LogP) is 1.21. The molecule has 20 heavy (non-hydrogen) atoms. The van der Waals surface area contributed by atoms with Crippen LogP contribution in [0.5, 0.6) is 0 Å². The molecule has 1 rings (SSSR count). The molecule has 1 unspecified atom stereocenters. The highest BCUT2D eigenvalue weighted by molar-refractivity contribution is 7.87. The van der Waals surface area contributed by atoms with Gasteiger partial charge in [-0.1, -0.05) is 26.0 Å². The Balaban J connectivity index is 2.79. The highest BCUT2D eigenvalue weighted by atomic mass is 32.2. The zero-order valence-electron chi connectivity index (χ0n) is 11.9. The number of nitrogens with zero attached hydrogens (tertiary/aromatic N) is 1. The summed E-state index contributed by atoms with van der Waals surface area (Å²) < 4.78 is 40.4. The normalized spacial score (nSPS) is 15.3. The first-order valence-electron chi connectivity index (χ1n) is 6.46. The molecule has 0 aliphatic carbocycles. The van der Waals surface area contributed by atoms with Crippen molar-refractivity contribution in [1.82, 2.24) is 9.03 Å². The van der Waals surface area contributed by atoms with Crippen LogP contribution >= 0.6 is 0 Å². The lowest BCUT2D eigenvalue weighted by Gasteiger charge is -2.26. The molecule has 1 aromatic carbocycles. The number of aliphatic hydroxyl groups is 1. The molecule has 0 fully saturated rings. The molecule has 0 saturated heterocycles. The standard InChI is InChI=1S/C13H21FN2O3S/c1-4-16(5-2)20(18,19)15-10-13(3,17)11-6-8-12(14)9-7-11/h6-9,15,17H,4-5,10H2,1-3H3. The van der Waals surface area contributed by atoms with Gasteiger partial charge < -0.3 is 5.11 Å². The Bertz CT molecular complexity index is 525. The van der Waals surface area contributed by atoms with Crippen molar-refractivity contribution in [3.8, 4) is 0 Å². The van der Waals surface area contributed by atoms with Gasteiger partial charge in [0.2, 0.25) is 0 Å². The van der Waals surface area contributed by atoms with Crippen LogP contribution in [0.1, 0.15) is 26.3 Å². The molecule has 1 atom stereocenters. The van der Waals surface area contributed by atoms with E-state index in [4.69, 9.17) is 0 Å². The molecule has 7 heteroatoms. The third kappa shape index (κ3) is 4.24. The number of hydrogen-bond acceptors (Lipinski definition) is 3. The highest BCUT2D eigenvalue weighted by Gasteiger charge is 2.27. The maximum Gasteiger partial charge on any atom is 0.279 e. The number of rotatable bonds is 7. The van der Waals surface area contributed by atoms with Crippen LogP contribution in [0.25, 0.3) is 0 Å². The van der Waals surface area contributed by atoms with E-state index >= 15 is 0 Å². The summed E-state index contributed by atoms with van der Waals surface area (Å²) >= 11 is 0. The maximum atomic E-state index is 12.8. The van der Waals surface area contributed by atoms with E-state index in [-0.39, 0.29) is 6.54 Å². The molecular formula is C13H21FN2O3S. The first kappa shape index (κ1) is 17.0. The monoisotopic (exact) mass is 304 g/mol. The molecule has 0 aliphatic heterocycles. The van der Waals surface area contributed by atoms with Gasteiger partial charge in [0.25, 0.3) is 10.2 Å². The summed E-state index contributed by atoms with van der Waals surface area (Å²) in [6.07, 6.45) is 0. The Morgan fingerprint density at radius 3 is 2.20 bits per heavy atom. The Morgan fingerprint density at radius 2 is 1.75 bits per heavy atom. The van der Waals surface area contributed by atoms with Gasteiger partial charge in [0.15, 0.2) is 0 Å². The molecule has 0 heterocycles. The van der Waals surface area contributed by atoms with Crippen LogP contribution in [0.4, 0.5) is 4.39 Å². The fourth-order valence-electron chi connectivity index (χ4n) is 1.80. The second kappa shape index (κ2) is 6.62. The zero-order valence-corrected chi connectivity index (χ0v) is 12.7. The topological polar surface area (TPSA) is 69.6 Å². The molecular weight excluding hydrogens is 283 g/mol. The van der Waals surface area contributed by atoms with Gasteiger partial charge >= 0.3 is 0 Å². The van der Waals surface area contributed by atoms with Crippen molar-refractivity contribution < 1.29 is 17.9 Å². The van der Waals surface area contributed by atoms with Crippen molar-refractivity contribution in [2.45, 2.75) is 26.4 Å². The van der Waals surface area contributed by atoms with E-state index in [1.165, 1.54) is 35.5 Å². The summed E-state index contributed by atoms with van der Waals surface area (Å²) in [5, 5.41) is 10.3. The number of halogens is 1. The fraction of sp³-hybridized carbons (Fsp3) is 0.538. The number of benzene rings is 1. The van der Waals surface area contributed by atoms with Crippen LogP contribution in [0.15, 0.2) is 24.3 Å². The third-order valence-corrected chi connectivity index (χ3v) is 4.82. The molecule has 2 N–H and O–H groups in total. The van der Waals surface area contributed by atoms with Crippen LogP contribution in [0.3, 0.4) is 0 Å². The molecule has 0 amide bonds. The molecule has 0 saturated carbocycles. The second-order valence-corrected chi connectivity index (χ2v) is 6.45. The SMILES string of the molecule is CCN(CC)S(=O)(=O)NCC(C)(O)c1ccc(F)cc1.